The van der Waals surface area contributed by atoms with Crippen molar-refractivity contribution < 1.29 is 28.8 Å². The van der Waals surface area contributed by atoms with E-state index in [2.05, 4.69) is 25.7 Å². The third kappa shape index (κ3) is 6.02. The SMILES string of the molecule is CCNc1nc(Nc2cc(C#N)cc(N3CC[C@@H](N(C)C(=O)O)[C@H](OP(=O)(O)O)C3)c2Cl)nn2c(C#N)cnc12. The number of hydrogen-bond acceptors (Lipinski definition) is 11. The van der Waals surface area contributed by atoms with Crippen LogP contribution < -0.4 is 15.5 Å². The number of likely N-dealkylation sites (N-methyl/N-ethyl adjacent to an activating group) is 1. The highest BCUT2D eigenvalue weighted by molar-refractivity contribution is 7.46. The summed E-state index contributed by atoms with van der Waals surface area (Å²) in [5.74, 6) is 0.404. The van der Waals surface area contributed by atoms with Gasteiger partial charge >= 0.3 is 13.9 Å². The van der Waals surface area contributed by atoms with Gasteiger partial charge in [0.05, 0.1) is 40.3 Å². The highest BCUT2D eigenvalue weighted by Crippen LogP contribution is 2.42. The fraction of sp³-hybridized carbons (Fsp3) is 0.364. The van der Waals surface area contributed by atoms with Crippen molar-refractivity contribution in [3.8, 4) is 12.1 Å². The molecular weight excluding hydrogens is 567 g/mol. The molecule has 16 nitrogen and oxygen atoms in total. The van der Waals surface area contributed by atoms with Crippen LogP contribution in [0.5, 0.6) is 0 Å². The number of anilines is 4. The summed E-state index contributed by atoms with van der Waals surface area (Å²) in [7, 11) is -3.68. The van der Waals surface area contributed by atoms with Crippen LogP contribution in [0.1, 0.15) is 24.6 Å². The molecule has 1 saturated heterocycles. The number of phosphoric ester groups is 1. The smallest absolute Gasteiger partial charge is 0.465 e. The number of benzene rings is 1. The molecule has 1 aliphatic rings. The molecule has 1 aromatic carbocycles. The summed E-state index contributed by atoms with van der Waals surface area (Å²) in [5, 5.41) is 39.0. The molecule has 40 heavy (non-hydrogen) atoms. The number of amides is 1. The van der Waals surface area contributed by atoms with Crippen molar-refractivity contribution in [1.82, 2.24) is 24.5 Å². The maximum absolute atomic E-state index is 11.7. The Bertz CT molecular complexity index is 1580. The van der Waals surface area contributed by atoms with Crippen molar-refractivity contribution in [3.05, 3.63) is 34.6 Å². The first-order valence-corrected chi connectivity index (χ1v) is 13.7. The molecule has 0 spiro atoms. The largest absolute Gasteiger partial charge is 0.469 e. The Labute approximate surface area is 232 Å². The first-order chi connectivity index (χ1) is 18.9. The van der Waals surface area contributed by atoms with Gasteiger partial charge in [0.2, 0.25) is 5.95 Å². The number of halogens is 1. The zero-order valence-electron chi connectivity index (χ0n) is 21.2. The van der Waals surface area contributed by atoms with Crippen molar-refractivity contribution >= 4 is 54.3 Å². The van der Waals surface area contributed by atoms with Gasteiger partial charge < -0.3 is 35.3 Å². The molecule has 0 bridgehead atoms. The van der Waals surface area contributed by atoms with Crippen LogP contribution in [-0.4, -0.2) is 84.3 Å². The van der Waals surface area contributed by atoms with E-state index in [1.807, 2.05) is 19.1 Å². The number of nitrogens with zero attached hydrogens (tertiary/aromatic N) is 8. The average Bonchev–Trinajstić information content (AvgIpc) is 3.32. The summed E-state index contributed by atoms with van der Waals surface area (Å²) in [6, 6.07) is 6.18. The number of carbonyl (C=O) groups is 1. The lowest BCUT2D eigenvalue weighted by Crippen LogP contribution is -2.55. The molecule has 2 aromatic heterocycles. The topological polar surface area (TPSA) is 225 Å². The summed E-state index contributed by atoms with van der Waals surface area (Å²) in [5.41, 5.74) is 1.29. The fourth-order valence-electron chi connectivity index (χ4n) is 4.40. The number of fused-ring (bicyclic) bond motifs is 1. The van der Waals surface area contributed by atoms with Crippen LogP contribution in [0.4, 0.5) is 27.9 Å². The molecule has 1 aliphatic heterocycles. The molecule has 0 saturated carbocycles. The van der Waals surface area contributed by atoms with Gasteiger partial charge in [-0.25, -0.2) is 14.3 Å². The molecule has 1 fully saturated rings. The standard InChI is InChI=1S/C22H24ClN10O6P/c1-3-26-19-20-27-10-13(9-25)33(20)30-21(29-19)28-14-6-12(8-24)7-16(18(14)23)32-5-4-15(31(2)22(34)35)17(11-32)39-40(36,37)38/h6-7,10,15,17H,3-5,11H2,1-2H3,(H,34,35)(H2,36,37,38)(H2,26,28,29,30)/t15-,17-/m1/s1. The van der Waals surface area contributed by atoms with E-state index in [1.54, 1.807) is 4.90 Å². The maximum Gasteiger partial charge on any atom is 0.469 e. The van der Waals surface area contributed by atoms with E-state index in [9.17, 15) is 34.8 Å². The summed E-state index contributed by atoms with van der Waals surface area (Å²) in [6.07, 6.45) is -0.961. The zero-order valence-corrected chi connectivity index (χ0v) is 22.8. The van der Waals surface area contributed by atoms with Crippen LogP contribution in [0.2, 0.25) is 5.02 Å². The molecule has 210 valence electrons. The molecule has 4 rings (SSSR count). The first-order valence-electron chi connectivity index (χ1n) is 11.8. The number of piperidine rings is 1. The second-order valence-electron chi connectivity index (χ2n) is 8.73. The normalized spacial score (nSPS) is 17.2. The third-order valence-electron chi connectivity index (χ3n) is 6.19. The molecule has 18 heteroatoms. The Balaban J connectivity index is 1.72. The van der Waals surface area contributed by atoms with Crippen LogP contribution in [0, 0.1) is 22.7 Å². The van der Waals surface area contributed by atoms with E-state index in [-0.39, 0.29) is 47.4 Å². The average molecular weight is 591 g/mol. The number of imidazole rings is 1. The minimum absolute atomic E-state index is 0.0467. The van der Waals surface area contributed by atoms with E-state index < -0.39 is 26.1 Å². The van der Waals surface area contributed by atoms with Gasteiger partial charge in [0, 0.05) is 26.7 Å². The zero-order chi connectivity index (χ0) is 29.2. The first kappa shape index (κ1) is 28.8. The van der Waals surface area contributed by atoms with Crippen molar-refractivity contribution in [3.63, 3.8) is 0 Å². The Morgan fingerprint density at radius 1 is 1.35 bits per heavy atom. The van der Waals surface area contributed by atoms with Gasteiger partial charge in [0.1, 0.15) is 12.2 Å². The van der Waals surface area contributed by atoms with Gasteiger partial charge in [-0.05, 0) is 25.5 Å². The van der Waals surface area contributed by atoms with Crippen LogP contribution in [0.3, 0.4) is 0 Å². The molecule has 5 N–H and O–H groups in total. The van der Waals surface area contributed by atoms with E-state index in [0.29, 0.717) is 23.7 Å². The Morgan fingerprint density at radius 3 is 2.73 bits per heavy atom. The van der Waals surface area contributed by atoms with Crippen molar-refractivity contribution in [1.29, 1.82) is 10.5 Å². The van der Waals surface area contributed by atoms with E-state index in [0.717, 1.165) is 4.90 Å². The lowest BCUT2D eigenvalue weighted by Gasteiger charge is -2.42. The van der Waals surface area contributed by atoms with Crippen LogP contribution >= 0.6 is 19.4 Å². The lowest BCUT2D eigenvalue weighted by atomic mass is 9.99. The van der Waals surface area contributed by atoms with Gasteiger partial charge in [0.25, 0.3) is 0 Å². The van der Waals surface area contributed by atoms with E-state index in [1.165, 1.54) is 29.9 Å². The Hall–Kier alpha value is -4.18. The third-order valence-corrected chi connectivity index (χ3v) is 7.13. The van der Waals surface area contributed by atoms with Crippen LogP contribution in [0.15, 0.2) is 18.3 Å². The second-order valence-corrected chi connectivity index (χ2v) is 10.3. The number of nitriles is 2. The predicted octanol–water partition coefficient (Wildman–Crippen LogP) is 2.36. The molecule has 1 amide bonds. The highest BCUT2D eigenvalue weighted by Gasteiger charge is 2.39. The fourth-order valence-corrected chi connectivity index (χ4v) is 5.24. The number of rotatable bonds is 8. The predicted molar refractivity (Wildman–Crippen MR) is 142 cm³/mol. The number of aromatic nitrogens is 4. The quantitative estimate of drug-likeness (QED) is 0.237. The number of phosphoric acid groups is 1. The lowest BCUT2D eigenvalue weighted by molar-refractivity contribution is 0.0441. The molecule has 3 heterocycles. The minimum atomic E-state index is -4.97. The molecule has 3 aromatic rings. The van der Waals surface area contributed by atoms with Crippen molar-refractivity contribution in [2.24, 2.45) is 0 Å². The number of carboxylic acid groups (broad SMARTS) is 1. The van der Waals surface area contributed by atoms with Gasteiger partial charge in [-0.15, -0.1) is 5.10 Å². The summed E-state index contributed by atoms with van der Waals surface area (Å²) in [4.78, 5) is 41.6. The van der Waals surface area contributed by atoms with Crippen molar-refractivity contribution in [2.75, 3.05) is 42.2 Å². The molecule has 0 aliphatic carbocycles. The van der Waals surface area contributed by atoms with E-state index in [4.69, 9.17) is 16.1 Å². The van der Waals surface area contributed by atoms with Crippen LogP contribution in [0.25, 0.3) is 5.65 Å². The van der Waals surface area contributed by atoms with Gasteiger partial charge in [-0.3, -0.25) is 4.52 Å². The Morgan fingerprint density at radius 2 is 2.10 bits per heavy atom. The maximum atomic E-state index is 11.7. The number of nitrogens with one attached hydrogen (secondary N) is 2. The molecular formula is C22H24ClN10O6P. The molecule has 0 unspecified atom stereocenters. The molecule has 0 radical (unpaired) electrons. The summed E-state index contributed by atoms with van der Waals surface area (Å²) >= 11 is 6.75. The van der Waals surface area contributed by atoms with E-state index >= 15 is 0 Å². The summed E-state index contributed by atoms with van der Waals surface area (Å²) < 4.78 is 17.9. The minimum Gasteiger partial charge on any atom is -0.465 e. The summed E-state index contributed by atoms with van der Waals surface area (Å²) in [6.45, 7) is 2.49. The van der Waals surface area contributed by atoms with Crippen LogP contribution in [-0.2, 0) is 9.09 Å². The van der Waals surface area contributed by atoms with Gasteiger partial charge in [-0.1, -0.05) is 11.6 Å². The monoisotopic (exact) mass is 590 g/mol. The number of hydrogen-bond donors (Lipinski definition) is 5. The van der Waals surface area contributed by atoms with Gasteiger partial charge in [0.15, 0.2) is 17.2 Å². The second kappa shape index (κ2) is 11.5. The Kier molecular flexibility index (Phi) is 8.29. The van der Waals surface area contributed by atoms with Crippen molar-refractivity contribution in [2.45, 2.75) is 25.5 Å². The molecule has 2 atom stereocenters. The van der Waals surface area contributed by atoms with Gasteiger partial charge in [-0.2, -0.15) is 20.0 Å². The highest BCUT2D eigenvalue weighted by atomic mass is 35.5.